The van der Waals surface area contributed by atoms with Crippen LogP contribution >= 0.6 is 0 Å². The highest BCUT2D eigenvalue weighted by Gasteiger charge is 2.26. The Bertz CT molecular complexity index is 1220. The van der Waals surface area contributed by atoms with Gasteiger partial charge in [0.1, 0.15) is 11.6 Å². The number of likely N-dealkylation sites (tertiary alicyclic amines) is 1. The van der Waals surface area contributed by atoms with E-state index in [1.807, 2.05) is 48.3 Å². The van der Waals surface area contributed by atoms with Gasteiger partial charge in [-0.05, 0) is 93.1 Å². The summed E-state index contributed by atoms with van der Waals surface area (Å²) in [5, 5.41) is 7.52. The summed E-state index contributed by atoms with van der Waals surface area (Å²) in [6.45, 7) is 6.50. The molecule has 1 aliphatic heterocycles. The largest absolute Gasteiger partial charge is 0.363 e. The number of hydrogen-bond acceptors (Lipinski definition) is 4. The van der Waals surface area contributed by atoms with Crippen LogP contribution in [0, 0.1) is 5.82 Å². The molecule has 1 saturated heterocycles. The number of rotatable bonds is 5. The lowest BCUT2D eigenvalue weighted by Gasteiger charge is -2.38. The molecular weight excluding hydrogens is 441 g/mol. The summed E-state index contributed by atoms with van der Waals surface area (Å²) in [5.74, 6) is 0.614. The van der Waals surface area contributed by atoms with Crippen molar-refractivity contribution in [2.24, 2.45) is 0 Å². The maximum absolute atomic E-state index is 13.5. The van der Waals surface area contributed by atoms with Crippen LogP contribution in [-0.4, -0.2) is 53.0 Å². The summed E-state index contributed by atoms with van der Waals surface area (Å²) in [6.07, 6.45) is 3.79. The molecule has 2 aromatic carbocycles. The molecule has 1 unspecified atom stereocenters. The molecule has 7 heteroatoms. The first-order valence-corrected chi connectivity index (χ1v) is 12.6. The Kier molecular flexibility index (Phi) is 6.60. The maximum Gasteiger partial charge on any atom is 0.321 e. The Morgan fingerprint density at radius 2 is 1.89 bits per heavy atom. The van der Waals surface area contributed by atoms with Crippen molar-refractivity contribution >= 4 is 28.4 Å². The summed E-state index contributed by atoms with van der Waals surface area (Å²) in [4.78, 5) is 22.0. The number of pyridine rings is 1. The average molecular weight is 476 g/mol. The van der Waals surface area contributed by atoms with Gasteiger partial charge in [0.15, 0.2) is 0 Å². The number of amides is 2. The van der Waals surface area contributed by atoms with Gasteiger partial charge < -0.3 is 20.4 Å². The van der Waals surface area contributed by atoms with Crippen molar-refractivity contribution in [2.45, 2.75) is 57.7 Å². The van der Waals surface area contributed by atoms with Crippen molar-refractivity contribution in [1.29, 1.82) is 0 Å². The summed E-state index contributed by atoms with van der Waals surface area (Å²) in [7, 11) is 1.89. The van der Waals surface area contributed by atoms with Gasteiger partial charge in [0.25, 0.3) is 0 Å². The van der Waals surface area contributed by atoms with Crippen molar-refractivity contribution in [1.82, 2.24) is 14.8 Å². The standard InChI is InChI=1S/C28H34FN5O/c1-18(2)34-14-12-23(13-15-34)33(3)28(35)30-22-7-10-25-20(17-22)5-11-27(31-25)32-26-9-4-19-16-21(29)6-8-24(19)26/h5-8,10-11,16-18,23,26H,4,9,12-15H2,1-3H3,(H,30,35)(H,31,32). The lowest BCUT2D eigenvalue weighted by Crippen LogP contribution is -2.48. The van der Waals surface area contributed by atoms with Crippen LogP contribution in [0.1, 0.15) is 50.3 Å². The predicted molar refractivity (Wildman–Crippen MR) is 139 cm³/mol. The summed E-state index contributed by atoms with van der Waals surface area (Å²) >= 11 is 0. The number of carbonyl (C=O) groups excluding carboxylic acids is 1. The smallest absolute Gasteiger partial charge is 0.321 e. The molecule has 2 N–H and O–H groups in total. The number of nitrogens with zero attached hydrogens (tertiary/aromatic N) is 3. The minimum absolute atomic E-state index is 0.0741. The number of urea groups is 1. The highest BCUT2D eigenvalue weighted by atomic mass is 19.1. The topological polar surface area (TPSA) is 60.5 Å². The van der Waals surface area contributed by atoms with Crippen LogP contribution < -0.4 is 10.6 Å². The van der Waals surface area contributed by atoms with Gasteiger partial charge in [0.2, 0.25) is 0 Å². The molecule has 0 saturated carbocycles. The first-order chi connectivity index (χ1) is 16.9. The summed E-state index contributed by atoms with van der Waals surface area (Å²) in [6, 6.07) is 15.7. The monoisotopic (exact) mass is 475 g/mol. The van der Waals surface area contributed by atoms with Gasteiger partial charge in [0.05, 0.1) is 11.6 Å². The Morgan fingerprint density at radius 3 is 2.66 bits per heavy atom. The molecule has 6 nitrogen and oxygen atoms in total. The first kappa shape index (κ1) is 23.5. The molecule has 1 fully saturated rings. The second-order valence-electron chi connectivity index (χ2n) is 10.1. The fourth-order valence-electron chi connectivity index (χ4n) is 5.37. The van der Waals surface area contributed by atoms with E-state index >= 15 is 0 Å². The Hall–Kier alpha value is -3.19. The van der Waals surface area contributed by atoms with Crippen LogP contribution in [0.25, 0.3) is 10.9 Å². The third-order valence-corrected chi connectivity index (χ3v) is 7.54. The molecule has 1 aliphatic carbocycles. The highest BCUT2D eigenvalue weighted by Crippen LogP contribution is 2.34. The zero-order valence-electron chi connectivity index (χ0n) is 20.7. The quantitative estimate of drug-likeness (QED) is 0.489. The van der Waals surface area contributed by atoms with E-state index in [0.29, 0.717) is 6.04 Å². The molecule has 1 atom stereocenters. The Morgan fingerprint density at radius 1 is 1.09 bits per heavy atom. The van der Waals surface area contributed by atoms with E-state index in [9.17, 15) is 9.18 Å². The van der Waals surface area contributed by atoms with Crippen molar-refractivity contribution in [2.75, 3.05) is 30.8 Å². The fourth-order valence-corrected chi connectivity index (χ4v) is 5.37. The van der Waals surface area contributed by atoms with Crippen LogP contribution in [0.2, 0.25) is 0 Å². The van der Waals surface area contributed by atoms with E-state index in [2.05, 4.69) is 29.4 Å². The zero-order chi connectivity index (χ0) is 24.5. The number of anilines is 2. The molecular formula is C28H34FN5O. The molecule has 1 aromatic heterocycles. The van der Waals surface area contributed by atoms with Crippen LogP contribution in [0.3, 0.4) is 0 Å². The van der Waals surface area contributed by atoms with Crippen LogP contribution in [-0.2, 0) is 6.42 Å². The zero-order valence-corrected chi connectivity index (χ0v) is 20.7. The highest BCUT2D eigenvalue weighted by molar-refractivity contribution is 5.93. The first-order valence-electron chi connectivity index (χ1n) is 12.6. The van der Waals surface area contributed by atoms with Crippen LogP contribution in [0.5, 0.6) is 0 Å². The lowest BCUT2D eigenvalue weighted by atomic mass is 10.0. The van der Waals surface area contributed by atoms with Gasteiger partial charge in [-0.2, -0.15) is 0 Å². The van der Waals surface area contributed by atoms with Crippen molar-refractivity contribution in [3.8, 4) is 0 Å². The molecule has 2 amide bonds. The van der Waals surface area contributed by atoms with Crippen molar-refractivity contribution in [3.63, 3.8) is 0 Å². The SMILES string of the molecule is CC(C)N1CCC(N(C)C(=O)Nc2ccc3nc(NC4CCc5cc(F)ccc54)ccc3c2)CC1. The van der Waals surface area contributed by atoms with E-state index < -0.39 is 0 Å². The molecule has 3 aromatic rings. The summed E-state index contributed by atoms with van der Waals surface area (Å²) < 4.78 is 13.5. The molecule has 2 aliphatic rings. The van der Waals surface area contributed by atoms with Crippen LogP contribution in [0.15, 0.2) is 48.5 Å². The van der Waals surface area contributed by atoms with E-state index in [1.165, 1.54) is 6.07 Å². The van der Waals surface area contributed by atoms with Gasteiger partial charge >= 0.3 is 6.03 Å². The third kappa shape index (κ3) is 5.10. The second-order valence-corrected chi connectivity index (χ2v) is 10.1. The molecule has 5 rings (SSSR count). The number of hydrogen-bond donors (Lipinski definition) is 2. The van der Waals surface area contributed by atoms with E-state index in [-0.39, 0.29) is 23.9 Å². The van der Waals surface area contributed by atoms with Gasteiger partial charge in [-0.1, -0.05) is 6.07 Å². The second kappa shape index (κ2) is 9.82. The normalized spacial score (nSPS) is 18.6. The average Bonchev–Trinajstić information content (AvgIpc) is 3.25. The van der Waals surface area contributed by atoms with Gasteiger partial charge in [0, 0.05) is 43.3 Å². The molecule has 184 valence electrons. The van der Waals surface area contributed by atoms with Crippen LogP contribution in [0.4, 0.5) is 20.7 Å². The predicted octanol–water partition coefficient (Wildman–Crippen LogP) is 5.81. The number of benzene rings is 2. The van der Waals surface area contributed by atoms with Gasteiger partial charge in [-0.25, -0.2) is 14.2 Å². The minimum atomic E-state index is -0.182. The molecule has 0 radical (unpaired) electrons. The fraction of sp³-hybridized carbons (Fsp3) is 0.429. The van der Waals surface area contributed by atoms with E-state index in [0.717, 1.165) is 72.3 Å². The van der Waals surface area contributed by atoms with Gasteiger partial charge in [-0.15, -0.1) is 0 Å². The third-order valence-electron chi connectivity index (χ3n) is 7.54. The molecule has 2 heterocycles. The number of fused-ring (bicyclic) bond motifs is 2. The van der Waals surface area contributed by atoms with Crippen molar-refractivity contribution in [3.05, 3.63) is 65.5 Å². The van der Waals surface area contributed by atoms with Gasteiger partial charge in [-0.3, -0.25) is 0 Å². The molecule has 0 spiro atoms. The maximum atomic E-state index is 13.5. The van der Waals surface area contributed by atoms with E-state index in [1.54, 1.807) is 6.07 Å². The minimum Gasteiger partial charge on any atom is -0.363 e. The number of piperidine rings is 1. The number of nitrogens with one attached hydrogen (secondary N) is 2. The van der Waals surface area contributed by atoms with Crippen molar-refractivity contribution < 1.29 is 9.18 Å². The molecule has 35 heavy (non-hydrogen) atoms. The number of halogens is 1. The number of carbonyl (C=O) groups is 1. The molecule has 0 bridgehead atoms. The number of aryl methyl sites for hydroxylation is 1. The van der Waals surface area contributed by atoms with E-state index in [4.69, 9.17) is 4.98 Å². The Labute approximate surface area is 206 Å². The number of aromatic nitrogens is 1. The Balaban J connectivity index is 1.22. The summed E-state index contributed by atoms with van der Waals surface area (Å²) in [5.41, 5.74) is 3.84. The lowest BCUT2D eigenvalue weighted by molar-refractivity contribution is 0.121.